The standard InChI is InChI=1S/C14H22N4O2/c1-9(13(19)17(2)3)16-12-8-10(6-7-11(12)15)14(20)18(4)5/h6-9,16H,15H2,1-5H3. The molecule has 110 valence electrons. The van der Waals surface area contributed by atoms with Crippen molar-refractivity contribution in [3.8, 4) is 0 Å². The van der Waals surface area contributed by atoms with Gasteiger partial charge in [0.25, 0.3) is 5.91 Å². The second-order valence-corrected chi connectivity index (χ2v) is 5.10. The van der Waals surface area contributed by atoms with Crippen LogP contribution in [0.3, 0.4) is 0 Å². The van der Waals surface area contributed by atoms with Crippen molar-refractivity contribution in [3.05, 3.63) is 23.8 Å². The lowest BCUT2D eigenvalue weighted by atomic mass is 10.1. The van der Waals surface area contributed by atoms with Crippen LogP contribution in [0.2, 0.25) is 0 Å². The number of nitrogens with two attached hydrogens (primary N) is 1. The number of nitrogens with one attached hydrogen (secondary N) is 1. The molecule has 2 amide bonds. The van der Waals surface area contributed by atoms with Gasteiger partial charge in [-0.25, -0.2) is 0 Å². The minimum atomic E-state index is -0.419. The van der Waals surface area contributed by atoms with Crippen LogP contribution in [0.25, 0.3) is 0 Å². The summed E-state index contributed by atoms with van der Waals surface area (Å²) in [7, 11) is 6.75. The van der Waals surface area contributed by atoms with Crippen molar-refractivity contribution in [1.29, 1.82) is 0 Å². The molecule has 0 heterocycles. The Balaban J connectivity index is 2.98. The Morgan fingerprint density at radius 1 is 1.15 bits per heavy atom. The Hall–Kier alpha value is -2.24. The van der Waals surface area contributed by atoms with Gasteiger partial charge in [0.1, 0.15) is 6.04 Å². The van der Waals surface area contributed by atoms with Gasteiger partial charge in [-0.2, -0.15) is 0 Å². The van der Waals surface area contributed by atoms with Crippen LogP contribution in [-0.4, -0.2) is 55.8 Å². The van der Waals surface area contributed by atoms with E-state index >= 15 is 0 Å². The van der Waals surface area contributed by atoms with Crippen molar-refractivity contribution < 1.29 is 9.59 Å². The molecule has 0 saturated heterocycles. The average Bonchev–Trinajstić information content (AvgIpc) is 2.39. The van der Waals surface area contributed by atoms with E-state index in [-0.39, 0.29) is 11.8 Å². The lowest BCUT2D eigenvalue weighted by molar-refractivity contribution is -0.129. The summed E-state index contributed by atoms with van der Waals surface area (Å²) in [6.07, 6.45) is 0. The summed E-state index contributed by atoms with van der Waals surface area (Å²) >= 11 is 0. The van der Waals surface area contributed by atoms with Gasteiger partial charge in [0.15, 0.2) is 0 Å². The molecule has 0 radical (unpaired) electrons. The molecule has 0 saturated carbocycles. The monoisotopic (exact) mass is 278 g/mol. The number of likely N-dealkylation sites (N-methyl/N-ethyl adjacent to an activating group) is 1. The maximum absolute atomic E-state index is 11.9. The second kappa shape index (κ2) is 6.27. The fraction of sp³-hybridized carbons (Fsp3) is 0.429. The van der Waals surface area contributed by atoms with Crippen molar-refractivity contribution in [3.63, 3.8) is 0 Å². The number of carbonyl (C=O) groups is 2. The fourth-order valence-corrected chi connectivity index (χ4v) is 1.75. The van der Waals surface area contributed by atoms with Crippen LogP contribution in [0.1, 0.15) is 17.3 Å². The number of carbonyl (C=O) groups excluding carboxylic acids is 2. The number of benzene rings is 1. The Bertz CT molecular complexity index is 512. The highest BCUT2D eigenvalue weighted by Crippen LogP contribution is 2.21. The predicted molar refractivity (Wildman–Crippen MR) is 80.7 cm³/mol. The Labute approximate surface area is 119 Å². The van der Waals surface area contributed by atoms with Gasteiger partial charge in [0.05, 0.1) is 11.4 Å². The van der Waals surface area contributed by atoms with E-state index in [9.17, 15) is 9.59 Å². The van der Waals surface area contributed by atoms with Gasteiger partial charge in [0, 0.05) is 33.8 Å². The van der Waals surface area contributed by atoms with Crippen LogP contribution < -0.4 is 11.1 Å². The summed E-state index contributed by atoms with van der Waals surface area (Å²) in [5, 5.41) is 3.04. The first-order valence-corrected chi connectivity index (χ1v) is 6.33. The number of hydrogen-bond acceptors (Lipinski definition) is 4. The first-order valence-electron chi connectivity index (χ1n) is 6.33. The molecule has 0 aliphatic rings. The molecule has 0 aliphatic carbocycles. The number of nitrogen functional groups attached to an aromatic ring is 1. The van der Waals surface area contributed by atoms with Crippen LogP contribution in [-0.2, 0) is 4.79 Å². The van der Waals surface area contributed by atoms with E-state index in [0.717, 1.165) is 0 Å². The van der Waals surface area contributed by atoms with Gasteiger partial charge in [-0.15, -0.1) is 0 Å². The zero-order chi connectivity index (χ0) is 15.4. The lowest BCUT2D eigenvalue weighted by Gasteiger charge is -2.20. The normalized spacial score (nSPS) is 11.7. The third-order valence-corrected chi connectivity index (χ3v) is 2.89. The van der Waals surface area contributed by atoms with E-state index in [4.69, 9.17) is 5.73 Å². The van der Waals surface area contributed by atoms with Crippen molar-refractivity contribution in [2.24, 2.45) is 0 Å². The van der Waals surface area contributed by atoms with Crippen molar-refractivity contribution >= 4 is 23.2 Å². The topological polar surface area (TPSA) is 78.7 Å². The van der Waals surface area contributed by atoms with E-state index in [0.29, 0.717) is 16.9 Å². The molecule has 6 heteroatoms. The highest BCUT2D eigenvalue weighted by Gasteiger charge is 2.17. The van der Waals surface area contributed by atoms with Crippen LogP contribution in [0.5, 0.6) is 0 Å². The average molecular weight is 278 g/mol. The quantitative estimate of drug-likeness (QED) is 0.801. The molecular formula is C14H22N4O2. The summed E-state index contributed by atoms with van der Waals surface area (Å²) < 4.78 is 0. The number of amides is 2. The molecule has 1 aromatic rings. The zero-order valence-electron chi connectivity index (χ0n) is 12.6. The maximum Gasteiger partial charge on any atom is 0.253 e. The third kappa shape index (κ3) is 3.63. The summed E-state index contributed by atoms with van der Waals surface area (Å²) in [6.45, 7) is 1.75. The molecule has 1 atom stereocenters. The molecule has 1 rings (SSSR count). The highest BCUT2D eigenvalue weighted by atomic mass is 16.2. The van der Waals surface area contributed by atoms with Crippen molar-refractivity contribution in [2.75, 3.05) is 39.2 Å². The molecule has 1 aromatic carbocycles. The smallest absolute Gasteiger partial charge is 0.253 e. The van der Waals surface area contributed by atoms with E-state index in [1.54, 1.807) is 53.3 Å². The predicted octanol–water partition coefficient (Wildman–Crippen LogP) is 0.859. The number of nitrogens with zero attached hydrogens (tertiary/aromatic N) is 2. The summed E-state index contributed by atoms with van der Waals surface area (Å²) in [5.74, 6) is -0.173. The molecule has 0 aromatic heterocycles. The summed E-state index contributed by atoms with van der Waals surface area (Å²) in [5.41, 5.74) is 7.48. The third-order valence-electron chi connectivity index (χ3n) is 2.89. The zero-order valence-corrected chi connectivity index (χ0v) is 12.6. The van der Waals surface area contributed by atoms with Crippen molar-refractivity contribution in [1.82, 2.24) is 9.80 Å². The van der Waals surface area contributed by atoms with Gasteiger partial charge in [-0.05, 0) is 25.1 Å². The largest absolute Gasteiger partial charge is 0.397 e. The lowest BCUT2D eigenvalue weighted by Crippen LogP contribution is -2.36. The van der Waals surface area contributed by atoms with Gasteiger partial charge in [-0.1, -0.05) is 0 Å². The first-order chi connectivity index (χ1) is 9.23. The summed E-state index contributed by atoms with van der Waals surface area (Å²) in [4.78, 5) is 26.7. The second-order valence-electron chi connectivity index (χ2n) is 5.10. The maximum atomic E-state index is 11.9. The number of hydrogen-bond donors (Lipinski definition) is 2. The van der Waals surface area contributed by atoms with Gasteiger partial charge >= 0.3 is 0 Å². The molecule has 6 nitrogen and oxygen atoms in total. The van der Waals surface area contributed by atoms with Crippen LogP contribution >= 0.6 is 0 Å². The number of rotatable bonds is 4. The van der Waals surface area contributed by atoms with Gasteiger partial charge < -0.3 is 20.9 Å². The van der Waals surface area contributed by atoms with E-state index in [1.807, 2.05) is 0 Å². The fourth-order valence-electron chi connectivity index (χ4n) is 1.75. The highest BCUT2D eigenvalue weighted by molar-refractivity contribution is 5.96. The minimum absolute atomic E-state index is 0.0614. The molecule has 0 spiro atoms. The van der Waals surface area contributed by atoms with E-state index in [1.165, 1.54) is 9.80 Å². The van der Waals surface area contributed by atoms with Crippen LogP contribution in [0.4, 0.5) is 11.4 Å². The molecule has 20 heavy (non-hydrogen) atoms. The first kappa shape index (κ1) is 15.8. The Kier molecular flexibility index (Phi) is 4.96. The number of anilines is 2. The van der Waals surface area contributed by atoms with Crippen LogP contribution in [0, 0.1) is 0 Å². The summed E-state index contributed by atoms with van der Waals surface area (Å²) in [6, 6.07) is 4.57. The van der Waals surface area contributed by atoms with Gasteiger partial charge in [-0.3, -0.25) is 9.59 Å². The Morgan fingerprint density at radius 2 is 1.75 bits per heavy atom. The minimum Gasteiger partial charge on any atom is -0.397 e. The van der Waals surface area contributed by atoms with Crippen molar-refractivity contribution in [2.45, 2.75) is 13.0 Å². The molecule has 0 bridgehead atoms. The molecule has 0 aliphatic heterocycles. The van der Waals surface area contributed by atoms with Gasteiger partial charge in [0.2, 0.25) is 5.91 Å². The molecule has 1 unspecified atom stereocenters. The molecule has 0 fully saturated rings. The molecule has 3 N–H and O–H groups in total. The SMILES string of the molecule is CC(Nc1cc(C(=O)N(C)C)ccc1N)C(=O)N(C)C. The van der Waals surface area contributed by atoms with E-state index in [2.05, 4.69) is 5.32 Å². The Morgan fingerprint density at radius 3 is 2.25 bits per heavy atom. The molecular weight excluding hydrogens is 256 g/mol. The van der Waals surface area contributed by atoms with Crippen LogP contribution in [0.15, 0.2) is 18.2 Å². The van der Waals surface area contributed by atoms with E-state index < -0.39 is 6.04 Å².